The van der Waals surface area contributed by atoms with Gasteiger partial charge in [-0.3, -0.25) is 9.69 Å². The van der Waals surface area contributed by atoms with Gasteiger partial charge in [0, 0.05) is 11.7 Å². The highest BCUT2D eigenvalue weighted by Gasteiger charge is 2.21. The van der Waals surface area contributed by atoms with E-state index >= 15 is 0 Å². The maximum absolute atomic E-state index is 12.2. The number of hydrogen-bond acceptors (Lipinski definition) is 2. The summed E-state index contributed by atoms with van der Waals surface area (Å²) in [5, 5.41) is 11.8. The molecule has 0 fully saturated rings. The first kappa shape index (κ1) is 16.0. The van der Waals surface area contributed by atoms with Gasteiger partial charge in [-0.1, -0.05) is 31.5 Å². The SMILES string of the molecule is Cc1ccc(N(CC(=O)O)C(=O)NC(C)C(C)C)cc1. The molecule has 5 heteroatoms. The first-order valence-electron chi connectivity index (χ1n) is 6.67. The zero-order chi connectivity index (χ0) is 15.3. The van der Waals surface area contributed by atoms with Gasteiger partial charge in [-0.15, -0.1) is 0 Å². The monoisotopic (exact) mass is 278 g/mol. The van der Waals surface area contributed by atoms with Crippen LogP contribution in [0.5, 0.6) is 0 Å². The molecule has 0 aromatic heterocycles. The van der Waals surface area contributed by atoms with E-state index in [2.05, 4.69) is 5.32 Å². The molecule has 1 unspecified atom stereocenters. The summed E-state index contributed by atoms with van der Waals surface area (Å²) in [6, 6.07) is 6.78. The highest BCUT2D eigenvalue weighted by molar-refractivity contribution is 5.96. The standard InChI is InChI=1S/C15H22N2O3/c1-10(2)12(4)16-15(20)17(9-14(18)19)13-7-5-11(3)6-8-13/h5-8,10,12H,9H2,1-4H3,(H,16,20)(H,18,19). The number of nitrogens with zero attached hydrogens (tertiary/aromatic N) is 1. The number of carbonyl (C=O) groups excluding carboxylic acids is 1. The Kier molecular flexibility index (Phi) is 5.55. The Bertz CT molecular complexity index is 469. The van der Waals surface area contributed by atoms with Crippen molar-refractivity contribution in [2.24, 2.45) is 5.92 Å². The Balaban J connectivity index is 2.91. The zero-order valence-electron chi connectivity index (χ0n) is 12.4. The number of aliphatic carboxylic acids is 1. The van der Waals surface area contributed by atoms with E-state index in [-0.39, 0.29) is 18.5 Å². The highest BCUT2D eigenvalue weighted by Crippen LogP contribution is 2.15. The van der Waals surface area contributed by atoms with Crippen LogP contribution in [0, 0.1) is 12.8 Å². The summed E-state index contributed by atoms with van der Waals surface area (Å²) < 4.78 is 0. The molecule has 110 valence electrons. The number of hydrogen-bond donors (Lipinski definition) is 2. The van der Waals surface area contributed by atoms with E-state index in [1.54, 1.807) is 12.1 Å². The number of nitrogens with one attached hydrogen (secondary N) is 1. The second-order valence-electron chi connectivity index (χ2n) is 5.30. The van der Waals surface area contributed by atoms with Crippen molar-refractivity contribution in [2.75, 3.05) is 11.4 Å². The summed E-state index contributed by atoms with van der Waals surface area (Å²) in [7, 11) is 0. The maximum atomic E-state index is 12.2. The topological polar surface area (TPSA) is 69.6 Å². The lowest BCUT2D eigenvalue weighted by atomic mass is 10.1. The van der Waals surface area contributed by atoms with Crippen molar-refractivity contribution in [3.8, 4) is 0 Å². The fraction of sp³-hybridized carbons (Fsp3) is 0.467. The van der Waals surface area contributed by atoms with Crippen LogP contribution in [0.4, 0.5) is 10.5 Å². The van der Waals surface area contributed by atoms with Crippen molar-refractivity contribution in [2.45, 2.75) is 33.7 Å². The minimum absolute atomic E-state index is 0.0238. The van der Waals surface area contributed by atoms with Crippen LogP contribution in [0.2, 0.25) is 0 Å². The molecule has 0 spiro atoms. The number of rotatable bonds is 5. The number of urea groups is 1. The van der Waals surface area contributed by atoms with Gasteiger partial charge in [0.05, 0.1) is 0 Å². The molecule has 20 heavy (non-hydrogen) atoms. The Morgan fingerprint density at radius 1 is 1.20 bits per heavy atom. The lowest BCUT2D eigenvalue weighted by molar-refractivity contribution is -0.135. The molecule has 0 aliphatic rings. The maximum Gasteiger partial charge on any atom is 0.323 e. The van der Waals surface area contributed by atoms with E-state index in [0.29, 0.717) is 5.69 Å². The molecule has 1 rings (SSSR count). The molecule has 0 aliphatic carbocycles. The van der Waals surface area contributed by atoms with Gasteiger partial charge in [-0.05, 0) is 31.9 Å². The van der Waals surface area contributed by atoms with Crippen LogP contribution in [0.3, 0.4) is 0 Å². The number of amides is 2. The minimum Gasteiger partial charge on any atom is -0.480 e. The molecule has 0 bridgehead atoms. The molecular formula is C15H22N2O3. The fourth-order valence-corrected chi connectivity index (χ4v) is 1.58. The quantitative estimate of drug-likeness (QED) is 0.870. The Morgan fingerprint density at radius 3 is 2.20 bits per heavy atom. The van der Waals surface area contributed by atoms with Gasteiger partial charge in [0.2, 0.25) is 0 Å². The lowest BCUT2D eigenvalue weighted by Gasteiger charge is -2.25. The molecule has 1 atom stereocenters. The van der Waals surface area contributed by atoms with Crippen LogP contribution in [0.25, 0.3) is 0 Å². The van der Waals surface area contributed by atoms with E-state index in [4.69, 9.17) is 5.11 Å². The molecule has 1 aromatic carbocycles. The van der Waals surface area contributed by atoms with Gasteiger partial charge < -0.3 is 10.4 Å². The molecule has 0 radical (unpaired) electrons. The second-order valence-corrected chi connectivity index (χ2v) is 5.30. The molecule has 0 saturated heterocycles. The van der Waals surface area contributed by atoms with Crippen molar-refractivity contribution in [3.05, 3.63) is 29.8 Å². The third-order valence-corrected chi connectivity index (χ3v) is 3.24. The summed E-state index contributed by atoms with van der Waals surface area (Å²) in [6.07, 6.45) is 0. The van der Waals surface area contributed by atoms with E-state index in [1.165, 1.54) is 4.90 Å². The van der Waals surface area contributed by atoms with Gasteiger partial charge in [-0.2, -0.15) is 0 Å². The fourth-order valence-electron chi connectivity index (χ4n) is 1.58. The van der Waals surface area contributed by atoms with Crippen LogP contribution in [0.1, 0.15) is 26.3 Å². The number of aryl methyl sites for hydroxylation is 1. The van der Waals surface area contributed by atoms with Crippen molar-refractivity contribution in [1.82, 2.24) is 5.32 Å². The van der Waals surface area contributed by atoms with Crippen molar-refractivity contribution in [3.63, 3.8) is 0 Å². The summed E-state index contributed by atoms with van der Waals surface area (Å²) in [5.74, 6) is -0.762. The summed E-state index contributed by atoms with van der Waals surface area (Å²) >= 11 is 0. The van der Waals surface area contributed by atoms with Gasteiger partial charge in [0.25, 0.3) is 0 Å². The summed E-state index contributed by atoms with van der Waals surface area (Å²) in [6.45, 7) is 7.47. The van der Waals surface area contributed by atoms with E-state index in [0.717, 1.165) is 5.56 Å². The molecule has 1 aromatic rings. The predicted octanol–water partition coefficient (Wildman–Crippen LogP) is 2.64. The Labute approximate surface area is 119 Å². The normalized spacial score (nSPS) is 12.1. The van der Waals surface area contributed by atoms with Crippen LogP contribution in [0.15, 0.2) is 24.3 Å². The van der Waals surface area contributed by atoms with Crippen LogP contribution >= 0.6 is 0 Å². The third-order valence-electron chi connectivity index (χ3n) is 3.24. The molecule has 5 nitrogen and oxygen atoms in total. The molecule has 0 aliphatic heterocycles. The van der Waals surface area contributed by atoms with Crippen molar-refractivity contribution >= 4 is 17.7 Å². The van der Waals surface area contributed by atoms with Crippen molar-refractivity contribution < 1.29 is 14.7 Å². The predicted molar refractivity (Wildman–Crippen MR) is 79.0 cm³/mol. The molecule has 2 N–H and O–H groups in total. The smallest absolute Gasteiger partial charge is 0.323 e. The molecule has 0 saturated carbocycles. The van der Waals surface area contributed by atoms with Gasteiger partial charge in [-0.25, -0.2) is 4.79 Å². The molecular weight excluding hydrogens is 256 g/mol. The number of benzene rings is 1. The first-order chi connectivity index (χ1) is 9.31. The number of carbonyl (C=O) groups is 2. The first-order valence-corrected chi connectivity index (χ1v) is 6.67. The molecule has 2 amide bonds. The van der Waals surface area contributed by atoms with Gasteiger partial charge in [0.15, 0.2) is 0 Å². The number of anilines is 1. The number of carboxylic acids is 1. The van der Waals surface area contributed by atoms with Crippen LogP contribution in [-0.2, 0) is 4.79 Å². The average Bonchev–Trinajstić information content (AvgIpc) is 2.36. The highest BCUT2D eigenvalue weighted by atomic mass is 16.4. The summed E-state index contributed by atoms with van der Waals surface area (Å²) in [4.78, 5) is 24.4. The lowest BCUT2D eigenvalue weighted by Crippen LogP contribution is -2.47. The zero-order valence-corrected chi connectivity index (χ0v) is 12.4. The van der Waals surface area contributed by atoms with E-state index in [9.17, 15) is 9.59 Å². The number of carboxylic acid groups (broad SMARTS) is 1. The Hall–Kier alpha value is -2.04. The van der Waals surface area contributed by atoms with E-state index in [1.807, 2.05) is 39.8 Å². The van der Waals surface area contributed by atoms with Gasteiger partial charge in [0.1, 0.15) is 6.54 Å². The second kappa shape index (κ2) is 6.93. The molecule has 0 heterocycles. The summed E-state index contributed by atoms with van der Waals surface area (Å²) in [5.41, 5.74) is 1.63. The third kappa shape index (κ3) is 4.57. The van der Waals surface area contributed by atoms with Crippen molar-refractivity contribution in [1.29, 1.82) is 0 Å². The Morgan fingerprint density at radius 2 is 1.75 bits per heavy atom. The van der Waals surface area contributed by atoms with Crippen LogP contribution in [-0.4, -0.2) is 29.7 Å². The average molecular weight is 278 g/mol. The minimum atomic E-state index is -1.04. The van der Waals surface area contributed by atoms with Crippen LogP contribution < -0.4 is 10.2 Å². The largest absolute Gasteiger partial charge is 0.480 e. The van der Waals surface area contributed by atoms with E-state index < -0.39 is 12.0 Å². The van der Waals surface area contributed by atoms with Gasteiger partial charge >= 0.3 is 12.0 Å².